The molecule has 1 amide bonds. The molecule has 0 unspecified atom stereocenters. The van der Waals surface area contributed by atoms with Gasteiger partial charge in [-0.2, -0.15) is 0 Å². The Morgan fingerprint density at radius 2 is 1.57 bits per heavy atom. The van der Waals surface area contributed by atoms with Crippen LogP contribution < -0.4 is 10.1 Å². The Morgan fingerprint density at radius 1 is 0.900 bits per heavy atom. The number of amides is 1. The van der Waals surface area contributed by atoms with Crippen LogP contribution in [0.4, 0.5) is 5.69 Å². The van der Waals surface area contributed by atoms with E-state index >= 15 is 0 Å². The van der Waals surface area contributed by atoms with Crippen molar-refractivity contribution in [2.24, 2.45) is 0 Å². The fourth-order valence-corrected chi connectivity index (χ4v) is 5.75. The van der Waals surface area contributed by atoms with Crippen LogP contribution in [-0.2, 0) is 6.54 Å². The first-order valence-electron chi connectivity index (χ1n) is 15.2. The lowest BCUT2D eigenvalue weighted by molar-refractivity contribution is 0.100. The standard InChI is InChI=1S/C34H48N2O3S/c1-4-5-6-7-8-9-10-11-12-13-14-15-21-39-33-20-19-31(23-32(33)28(3)37)35-34(38)30-18-16-17-29(22-30)25-36-24-27(2)40-26-36/h16-20,22-24H,4-15,21,25-26H2,1-3H3,(H,35,38). The molecule has 2 aromatic carbocycles. The largest absolute Gasteiger partial charge is 0.493 e. The minimum Gasteiger partial charge on any atom is -0.493 e. The van der Waals surface area contributed by atoms with Gasteiger partial charge in [0.05, 0.1) is 18.0 Å². The zero-order valence-corrected chi connectivity index (χ0v) is 25.6. The number of anilines is 1. The van der Waals surface area contributed by atoms with E-state index < -0.39 is 0 Å². The summed E-state index contributed by atoms with van der Waals surface area (Å²) in [7, 11) is 0. The van der Waals surface area contributed by atoms with Gasteiger partial charge in [0.2, 0.25) is 0 Å². The van der Waals surface area contributed by atoms with Gasteiger partial charge in [0.15, 0.2) is 5.78 Å². The Morgan fingerprint density at radius 3 is 2.20 bits per heavy atom. The summed E-state index contributed by atoms with van der Waals surface area (Å²) in [5, 5.41) is 2.95. The minimum atomic E-state index is -0.191. The molecular formula is C34H48N2O3S. The van der Waals surface area contributed by atoms with Crippen LogP contribution in [0.25, 0.3) is 0 Å². The lowest BCUT2D eigenvalue weighted by Crippen LogP contribution is -2.15. The zero-order valence-electron chi connectivity index (χ0n) is 24.8. The molecule has 1 N–H and O–H groups in total. The highest BCUT2D eigenvalue weighted by Gasteiger charge is 2.14. The number of rotatable bonds is 19. The number of unbranched alkanes of at least 4 members (excludes halogenated alkanes) is 11. The predicted molar refractivity (Wildman–Crippen MR) is 169 cm³/mol. The van der Waals surface area contributed by atoms with E-state index in [0.29, 0.717) is 29.2 Å². The second kappa shape index (κ2) is 17.9. The lowest BCUT2D eigenvalue weighted by Gasteiger charge is -2.15. The van der Waals surface area contributed by atoms with E-state index in [-0.39, 0.29) is 11.7 Å². The first kappa shape index (κ1) is 31.8. The van der Waals surface area contributed by atoms with Crippen molar-refractivity contribution in [2.45, 2.75) is 104 Å². The van der Waals surface area contributed by atoms with Crippen LogP contribution in [0.3, 0.4) is 0 Å². The van der Waals surface area contributed by atoms with Crippen molar-refractivity contribution in [1.29, 1.82) is 0 Å². The highest BCUT2D eigenvalue weighted by molar-refractivity contribution is 8.03. The second-order valence-corrected chi connectivity index (χ2v) is 12.1. The van der Waals surface area contributed by atoms with E-state index in [1.807, 2.05) is 36.0 Å². The molecule has 0 atom stereocenters. The van der Waals surface area contributed by atoms with E-state index in [0.717, 1.165) is 30.8 Å². The van der Waals surface area contributed by atoms with E-state index in [1.54, 1.807) is 18.2 Å². The Bertz CT molecular complexity index is 1110. The van der Waals surface area contributed by atoms with Gasteiger partial charge in [-0.3, -0.25) is 9.59 Å². The summed E-state index contributed by atoms with van der Waals surface area (Å²) in [6, 6.07) is 13.0. The van der Waals surface area contributed by atoms with Crippen molar-refractivity contribution >= 4 is 29.1 Å². The Labute approximate surface area is 246 Å². The maximum absolute atomic E-state index is 13.0. The molecule has 218 valence electrons. The molecule has 40 heavy (non-hydrogen) atoms. The molecule has 3 rings (SSSR count). The van der Waals surface area contributed by atoms with Crippen molar-refractivity contribution in [2.75, 3.05) is 17.8 Å². The summed E-state index contributed by atoms with van der Waals surface area (Å²) in [5.41, 5.74) is 2.78. The first-order valence-corrected chi connectivity index (χ1v) is 16.2. The average Bonchev–Trinajstić information content (AvgIpc) is 3.36. The summed E-state index contributed by atoms with van der Waals surface area (Å²) >= 11 is 1.82. The van der Waals surface area contributed by atoms with Crippen molar-refractivity contribution in [1.82, 2.24) is 4.90 Å². The molecular weight excluding hydrogens is 516 g/mol. The number of benzene rings is 2. The van der Waals surface area contributed by atoms with Gasteiger partial charge in [-0.25, -0.2) is 0 Å². The SMILES string of the molecule is CCCCCCCCCCCCCCOc1ccc(NC(=O)c2cccc(CN3C=C(C)SC3)c2)cc1C(C)=O. The number of ether oxygens (including phenoxy) is 1. The summed E-state index contributed by atoms with van der Waals surface area (Å²) in [6.45, 7) is 7.28. The van der Waals surface area contributed by atoms with Crippen molar-refractivity contribution < 1.29 is 14.3 Å². The quantitative estimate of drug-likeness (QED) is 0.136. The van der Waals surface area contributed by atoms with Crippen LogP contribution >= 0.6 is 11.8 Å². The summed E-state index contributed by atoms with van der Waals surface area (Å²) in [4.78, 5) is 28.9. The van der Waals surface area contributed by atoms with Crippen LogP contribution in [-0.4, -0.2) is 29.1 Å². The van der Waals surface area contributed by atoms with Gasteiger partial charge in [-0.05, 0) is 61.1 Å². The molecule has 1 aliphatic rings. The fraction of sp³-hybridized carbons (Fsp3) is 0.529. The molecule has 5 nitrogen and oxygen atoms in total. The maximum Gasteiger partial charge on any atom is 0.255 e. The molecule has 1 heterocycles. The molecule has 0 aromatic heterocycles. The number of carbonyl (C=O) groups excluding carboxylic acids is 2. The number of allylic oxidation sites excluding steroid dienone is 1. The summed E-state index contributed by atoms with van der Waals surface area (Å²) in [5.74, 6) is 1.25. The number of nitrogens with zero attached hydrogens (tertiary/aromatic N) is 1. The number of nitrogens with one attached hydrogen (secondary N) is 1. The molecule has 0 saturated heterocycles. The number of Topliss-reactive ketones (excluding diaryl/α,β-unsaturated/α-hetero) is 1. The first-order chi connectivity index (χ1) is 19.5. The summed E-state index contributed by atoms with van der Waals surface area (Å²) in [6.07, 6.45) is 17.7. The van der Waals surface area contributed by atoms with E-state index in [9.17, 15) is 9.59 Å². The van der Waals surface area contributed by atoms with E-state index in [4.69, 9.17) is 4.74 Å². The van der Waals surface area contributed by atoms with Crippen molar-refractivity contribution in [3.8, 4) is 5.75 Å². The Hall–Kier alpha value is -2.73. The third kappa shape index (κ3) is 11.4. The molecule has 0 aliphatic carbocycles. The van der Waals surface area contributed by atoms with Crippen molar-refractivity contribution in [3.05, 3.63) is 70.3 Å². The highest BCUT2D eigenvalue weighted by Crippen LogP contribution is 2.27. The number of hydrogen-bond acceptors (Lipinski definition) is 5. The van der Waals surface area contributed by atoms with Crippen molar-refractivity contribution in [3.63, 3.8) is 0 Å². The minimum absolute atomic E-state index is 0.0744. The van der Waals surface area contributed by atoms with Crippen LogP contribution in [0.2, 0.25) is 0 Å². The molecule has 1 aliphatic heterocycles. The fourth-order valence-electron chi connectivity index (χ4n) is 4.99. The molecule has 0 spiro atoms. The normalized spacial score (nSPS) is 12.9. The number of thioether (sulfide) groups is 1. The van der Waals surface area contributed by atoms with Gasteiger partial charge >= 0.3 is 0 Å². The van der Waals surface area contributed by atoms with Gasteiger partial charge in [0.1, 0.15) is 5.75 Å². The average molecular weight is 565 g/mol. The molecule has 6 heteroatoms. The molecule has 0 saturated carbocycles. The topological polar surface area (TPSA) is 58.6 Å². The number of ketones is 1. The van der Waals surface area contributed by atoms with Gasteiger partial charge in [-0.15, -0.1) is 11.8 Å². The monoisotopic (exact) mass is 564 g/mol. The Balaban J connectivity index is 1.40. The predicted octanol–water partition coefficient (Wildman–Crippen LogP) is 9.59. The van der Waals surface area contributed by atoms with Crippen LogP contribution in [0.15, 0.2) is 53.6 Å². The molecule has 0 fully saturated rings. The smallest absolute Gasteiger partial charge is 0.255 e. The highest BCUT2D eigenvalue weighted by atomic mass is 32.2. The molecule has 0 radical (unpaired) electrons. The summed E-state index contributed by atoms with van der Waals surface area (Å²) < 4.78 is 5.98. The molecule has 2 aromatic rings. The van der Waals surface area contributed by atoms with Gasteiger partial charge in [-0.1, -0.05) is 89.7 Å². The van der Waals surface area contributed by atoms with Gasteiger partial charge in [0, 0.05) is 24.0 Å². The molecule has 0 bridgehead atoms. The van der Waals surface area contributed by atoms with Gasteiger partial charge < -0.3 is 15.0 Å². The third-order valence-corrected chi connectivity index (χ3v) is 8.29. The number of carbonyl (C=O) groups is 2. The Kier molecular flexibility index (Phi) is 14.2. The third-order valence-electron chi connectivity index (χ3n) is 7.27. The van der Waals surface area contributed by atoms with E-state index in [2.05, 4.69) is 30.3 Å². The zero-order chi connectivity index (χ0) is 28.6. The van der Waals surface area contributed by atoms with Crippen LogP contribution in [0, 0.1) is 0 Å². The van der Waals surface area contributed by atoms with E-state index in [1.165, 1.54) is 76.0 Å². The van der Waals surface area contributed by atoms with Gasteiger partial charge in [0.25, 0.3) is 5.91 Å². The van der Waals surface area contributed by atoms with Crippen LogP contribution in [0.1, 0.15) is 124 Å². The van der Waals surface area contributed by atoms with Crippen LogP contribution in [0.5, 0.6) is 5.75 Å². The number of hydrogen-bond donors (Lipinski definition) is 1. The maximum atomic E-state index is 13.0. The lowest BCUT2D eigenvalue weighted by atomic mass is 10.1. The second-order valence-electron chi connectivity index (χ2n) is 10.9.